The van der Waals surface area contributed by atoms with E-state index in [1.54, 1.807) is 9.96 Å². The van der Waals surface area contributed by atoms with Crippen molar-refractivity contribution in [3.8, 4) is 0 Å². The molecule has 6 nitrogen and oxygen atoms in total. The van der Waals surface area contributed by atoms with Gasteiger partial charge in [-0.2, -0.15) is 5.06 Å². The molecule has 1 spiro atoms. The molecule has 2 heterocycles. The van der Waals surface area contributed by atoms with E-state index in [1.807, 2.05) is 30.3 Å². The Morgan fingerprint density at radius 3 is 2.82 bits per heavy atom. The minimum absolute atomic E-state index is 0.116. The maximum Gasteiger partial charge on any atom is 0.344 e. The van der Waals surface area contributed by atoms with Crippen LogP contribution in [0.15, 0.2) is 35.5 Å². The predicted octanol–water partition coefficient (Wildman–Crippen LogP) is 2.24. The number of rotatable bonds is 4. The van der Waals surface area contributed by atoms with Crippen LogP contribution in [0.5, 0.6) is 0 Å². The van der Waals surface area contributed by atoms with E-state index in [-0.39, 0.29) is 23.5 Å². The minimum atomic E-state index is -0.124. The molecule has 6 heteroatoms. The van der Waals surface area contributed by atoms with E-state index in [0.29, 0.717) is 13.2 Å². The molecule has 1 aromatic carbocycles. The lowest BCUT2D eigenvalue weighted by Crippen LogP contribution is -2.46. The van der Waals surface area contributed by atoms with Gasteiger partial charge in [0.1, 0.15) is 6.61 Å². The summed E-state index contributed by atoms with van der Waals surface area (Å²) in [7, 11) is 0. The highest BCUT2D eigenvalue weighted by Gasteiger charge is 2.62. The minimum Gasteiger partial charge on any atom is -0.411 e. The number of benzene rings is 1. The Morgan fingerprint density at radius 2 is 2.14 bits per heavy atom. The van der Waals surface area contributed by atoms with Crippen molar-refractivity contribution in [2.24, 2.45) is 10.6 Å². The van der Waals surface area contributed by atoms with Crippen molar-refractivity contribution in [3.63, 3.8) is 0 Å². The number of piperidine rings is 1. The fourth-order valence-corrected chi connectivity index (χ4v) is 3.75. The summed E-state index contributed by atoms with van der Waals surface area (Å²) in [5.74, 6) is 0. The van der Waals surface area contributed by atoms with Gasteiger partial charge >= 0.3 is 6.03 Å². The maximum absolute atomic E-state index is 12.6. The Hall–Kier alpha value is -2.08. The van der Waals surface area contributed by atoms with Crippen LogP contribution in [0.4, 0.5) is 4.79 Å². The summed E-state index contributed by atoms with van der Waals surface area (Å²) in [6.45, 7) is 1.05. The lowest BCUT2D eigenvalue weighted by Gasteiger charge is -2.34. The molecule has 0 radical (unpaired) electrons. The van der Waals surface area contributed by atoms with Gasteiger partial charge < -0.3 is 10.1 Å². The van der Waals surface area contributed by atoms with Crippen LogP contribution < -0.4 is 0 Å². The smallest absolute Gasteiger partial charge is 0.344 e. The number of carbonyl (C=O) groups is 1. The summed E-state index contributed by atoms with van der Waals surface area (Å²) in [5.41, 5.74) is 1.19. The molecule has 2 saturated heterocycles. The molecule has 4 rings (SSSR count). The van der Waals surface area contributed by atoms with Crippen LogP contribution >= 0.6 is 0 Å². The van der Waals surface area contributed by atoms with Crippen molar-refractivity contribution in [1.82, 2.24) is 9.96 Å². The molecule has 22 heavy (non-hydrogen) atoms. The first-order valence-corrected chi connectivity index (χ1v) is 7.68. The van der Waals surface area contributed by atoms with Gasteiger partial charge in [-0.25, -0.2) is 4.79 Å². The van der Waals surface area contributed by atoms with E-state index >= 15 is 0 Å². The summed E-state index contributed by atoms with van der Waals surface area (Å²) in [6.07, 6.45) is 4.55. The first-order valence-electron chi connectivity index (χ1n) is 7.68. The number of urea groups is 1. The molecule has 1 aromatic rings. The van der Waals surface area contributed by atoms with Crippen LogP contribution in [0.2, 0.25) is 0 Å². The van der Waals surface area contributed by atoms with Crippen molar-refractivity contribution in [2.75, 3.05) is 6.54 Å². The first kappa shape index (κ1) is 13.6. The maximum atomic E-state index is 12.6. The number of hydroxylamine groups is 2. The molecule has 2 atom stereocenters. The van der Waals surface area contributed by atoms with Crippen LogP contribution in [0.1, 0.15) is 24.8 Å². The summed E-state index contributed by atoms with van der Waals surface area (Å²) in [6, 6.07) is 9.73. The van der Waals surface area contributed by atoms with E-state index in [1.165, 1.54) is 6.21 Å². The number of fused-ring (bicyclic) bond motifs is 3. The zero-order chi connectivity index (χ0) is 15.2. The lowest BCUT2D eigenvalue weighted by atomic mass is 9.86. The third-order valence-electron chi connectivity index (χ3n) is 5.15. The van der Waals surface area contributed by atoms with Gasteiger partial charge in [0, 0.05) is 6.54 Å². The van der Waals surface area contributed by atoms with Crippen LogP contribution in [0, 0.1) is 5.41 Å². The van der Waals surface area contributed by atoms with E-state index in [4.69, 9.17) is 10.0 Å². The summed E-state index contributed by atoms with van der Waals surface area (Å²) in [5, 5.41) is 13.5. The Bertz CT molecular complexity index is 600. The van der Waals surface area contributed by atoms with Gasteiger partial charge in [0.15, 0.2) is 0 Å². The molecule has 0 unspecified atom stereocenters. The van der Waals surface area contributed by atoms with E-state index in [9.17, 15) is 4.79 Å². The van der Waals surface area contributed by atoms with E-state index in [2.05, 4.69) is 5.16 Å². The number of carbonyl (C=O) groups excluding carboxylic acids is 1. The third-order valence-corrected chi connectivity index (χ3v) is 5.15. The Labute approximate surface area is 128 Å². The SMILES string of the molecule is O=C1N2C[C@H](N1OCc1ccccc1)C1(CC1)C[C@H]2/C=N/O. The van der Waals surface area contributed by atoms with Gasteiger partial charge in [0.05, 0.1) is 18.3 Å². The number of hydrogen-bond donors (Lipinski definition) is 1. The van der Waals surface area contributed by atoms with Gasteiger partial charge in [-0.15, -0.1) is 0 Å². The molecule has 0 aromatic heterocycles. The molecule has 1 aliphatic carbocycles. The third kappa shape index (κ3) is 2.06. The molecule has 1 saturated carbocycles. The largest absolute Gasteiger partial charge is 0.411 e. The molecule has 2 aliphatic heterocycles. The van der Waals surface area contributed by atoms with Crippen molar-refractivity contribution in [2.45, 2.75) is 38.0 Å². The fraction of sp³-hybridized carbons (Fsp3) is 0.500. The van der Waals surface area contributed by atoms with Crippen LogP contribution in [-0.2, 0) is 11.4 Å². The normalized spacial score (nSPS) is 28.8. The highest BCUT2D eigenvalue weighted by molar-refractivity contribution is 5.82. The number of oxime groups is 1. The quantitative estimate of drug-likeness (QED) is 0.527. The van der Waals surface area contributed by atoms with Gasteiger partial charge in [0.25, 0.3) is 0 Å². The molecule has 1 N–H and O–H groups in total. The van der Waals surface area contributed by atoms with Crippen molar-refractivity contribution < 1.29 is 14.8 Å². The predicted molar refractivity (Wildman–Crippen MR) is 79.3 cm³/mol. The number of nitrogens with zero attached hydrogens (tertiary/aromatic N) is 3. The summed E-state index contributed by atoms with van der Waals surface area (Å²) >= 11 is 0. The zero-order valence-electron chi connectivity index (χ0n) is 12.3. The molecule has 116 valence electrons. The zero-order valence-corrected chi connectivity index (χ0v) is 12.3. The average Bonchev–Trinajstić information content (AvgIpc) is 3.24. The molecular weight excluding hydrogens is 282 g/mol. The number of amides is 2. The highest BCUT2D eigenvalue weighted by atomic mass is 16.7. The second-order valence-electron chi connectivity index (χ2n) is 6.43. The van der Waals surface area contributed by atoms with Gasteiger partial charge in [-0.05, 0) is 30.2 Å². The number of hydrogen-bond acceptors (Lipinski definition) is 4. The average molecular weight is 301 g/mol. The highest BCUT2D eigenvalue weighted by Crippen LogP contribution is 2.58. The standard InChI is InChI=1S/C16H19N3O3/c20-15-18-10-14(16(6-7-16)8-13(18)9-17-21)19(15)22-11-12-4-2-1-3-5-12/h1-5,9,13-14,21H,6-8,10-11H2/b17-9+/t13-,14-/m0/s1. The van der Waals surface area contributed by atoms with Crippen LogP contribution in [0.3, 0.4) is 0 Å². The van der Waals surface area contributed by atoms with Crippen molar-refractivity contribution in [3.05, 3.63) is 35.9 Å². The topological polar surface area (TPSA) is 65.4 Å². The molecule has 3 fully saturated rings. The monoisotopic (exact) mass is 301 g/mol. The van der Waals surface area contributed by atoms with Gasteiger partial charge in [0.2, 0.25) is 0 Å². The molecular formula is C16H19N3O3. The molecule has 2 bridgehead atoms. The Balaban J connectivity index is 1.52. The summed E-state index contributed by atoms with van der Waals surface area (Å²) < 4.78 is 0. The van der Waals surface area contributed by atoms with Crippen LogP contribution in [-0.4, -0.2) is 46.0 Å². The van der Waals surface area contributed by atoms with Gasteiger partial charge in [-0.3, -0.25) is 4.84 Å². The fourth-order valence-electron chi connectivity index (χ4n) is 3.75. The second-order valence-corrected chi connectivity index (χ2v) is 6.43. The second kappa shape index (κ2) is 4.98. The Kier molecular flexibility index (Phi) is 3.07. The summed E-state index contributed by atoms with van der Waals surface area (Å²) in [4.78, 5) is 20.2. The van der Waals surface area contributed by atoms with Crippen LogP contribution in [0.25, 0.3) is 0 Å². The van der Waals surface area contributed by atoms with Crippen molar-refractivity contribution >= 4 is 12.2 Å². The van der Waals surface area contributed by atoms with Gasteiger partial charge in [-0.1, -0.05) is 35.5 Å². The van der Waals surface area contributed by atoms with Crippen molar-refractivity contribution in [1.29, 1.82) is 0 Å². The first-order chi connectivity index (χ1) is 10.7. The molecule has 3 aliphatic rings. The Morgan fingerprint density at radius 1 is 1.36 bits per heavy atom. The lowest BCUT2D eigenvalue weighted by molar-refractivity contribution is -0.153. The van der Waals surface area contributed by atoms with E-state index in [0.717, 1.165) is 24.8 Å². The van der Waals surface area contributed by atoms with E-state index < -0.39 is 0 Å². The molecule has 2 amide bonds.